The Labute approximate surface area is 151 Å². The number of aryl methyl sites for hydroxylation is 1. The van der Waals surface area contributed by atoms with Gasteiger partial charge in [-0.2, -0.15) is 0 Å². The van der Waals surface area contributed by atoms with Crippen molar-refractivity contribution >= 4 is 0 Å². The van der Waals surface area contributed by atoms with E-state index >= 15 is 0 Å². The van der Waals surface area contributed by atoms with Gasteiger partial charge in [0, 0.05) is 33.4 Å². The van der Waals surface area contributed by atoms with Gasteiger partial charge in [-0.25, -0.2) is 0 Å². The van der Waals surface area contributed by atoms with E-state index in [1.54, 1.807) is 26.4 Å². The topological polar surface area (TPSA) is 58.9 Å². The summed E-state index contributed by atoms with van der Waals surface area (Å²) in [6.07, 6.45) is 8.27. The van der Waals surface area contributed by atoms with Crippen LogP contribution in [0.5, 0.6) is 0 Å². The van der Waals surface area contributed by atoms with Gasteiger partial charge >= 0.3 is 0 Å². The van der Waals surface area contributed by atoms with Gasteiger partial charge < -0.3 is 19.7 Å². The molecule has 0 saturated carbocycles. The molecule has 0 aliphatic heterocycles. The molecular weight excluding hydrogens is 316 g/mol. The third-order valence-electron chi connectivity index (χ3n) is 5.07. The molecule has 1 aliphatic carbocycles. The third kappa shape index (κ3) is 5.38. The summed E-state index contributed by atoms with van der Waals surface area (Å²) in [6, 6.07) is 8.18. The molecule has 4 heteroatoms. The van der Waals surface area contributed by atoms with Crippen LogP contribution in [0.25, 0.3) is 0 Å². The van der Waals surface area contributed by atoms with Gasteiger partial charge in [-0.3, -0.25) is 0 Å². The summed E-state index contributed by atoms with van der Waals surface area (Å²) in [7, 11) is 3.41. The summed E-state index contributed by atoms with van der Waals surface area (Å²) >= 11 is 0. The minimum atomic E-state index is -0.990. The van der Waals surface area contributed by atoms with Gasteiger partial charge in [0.1, 0.15) is 0 Å². The quantitative estimate of drug-likeness (QED) is 0.476. The summed E-state index contributed by atoms with van der Waals surface area (Å²) < 4.78 is 10.2. The van der Waals surface area contributed by atoms with E-state index in [0.717, 1.165) is 44.3 Å². The van der Waals surface area contributed by atoms with Gasteiger partial charge in [-0.1, -0.05) is 36.4 Å². The zero-order valence-corrected chi connectivity index (χ0v) is 15.5. The number of aliphatic hydroxyl groups excluding tert-OH is 1. The predicted molar refractivity (Wildman–Crippen MR) is 99.8 cm³/mol. The van der Waals surface area contributed by atoms with E-state index < -0.39 is 11.7 Å². The van der Waals surface area contributed by atoms with Crippen LogP contribution in [0.15, 0.2) is 36.4 Å². The first kappa shape index (κ1) is 20.1. The van der Waals surface area contributed by atoms with E-state index in [9.17, 15) is 10.2 Å². The van der Waals surface area contributed by atoms with Crippen molar-refractivity contribution in [2.75, 3.05) is 27.4 Å². The Bertz CT molecular complexity index is 542. The standard InChI is InChI=1S/C21H32O4/c1-24-15-7-5-10-17-9-3-4-11-18(17)20-19(22)12-14-21(20,23)13-6-8-16-25-2/h3-4,9,11-12,14,19-20,22-23H,5-8,10,13,15-16H2,1-2H3/t19-,20+,21-/m1/s1. The smallest absolute Gasteiger partial charge is 0.0925 e. The number of rotatable bonds is 11. The molecule has 0 fully saturated rings. The molecule has 0 unspecified atom stereocenters. The molecule has 25 heavy (non-hydrogen) atoms. The van der Waals surface area contributed by atoms with Gasteiger partial charge in [0.25, 0.3) is 0 Å². The molecule has 0 heterocycles. The van der Waals surface area contributed by atoms with Crippen molar-refractivity contribution in [2.45, 2.75) is 56.1 Å². The Hall–Kier alpha value is -1.20. The molecular formula is C21H32O4. The second-order valence-corrected chi connectivity index (χ2v) is 6.92. The van der Waals surface area contributed by atoms with E-state index in [2.05, 4.69) is 6.07 Å². The predicted octanol–water partition coefficient (Wildman–Crippen LogP) is 3.22. The van der Waals surface area contributed by atoms with Crippen molar-refractivity contribution in [3.05, 3.63) is 47.5 Å². The molecule has 1 aliphatic rings. The molecule has 2 rings (SSSR count). The van der Waals surface area contributed by atoms with Crippen molar-refractivity contribution < 1.29 is 19.7 Å². The first-order valence-electron chi connectivity index (χ1n) is 9.28. The molecule has 140 valence electrons. The molecule has 4 nitrogen and oxygen atoms in total. The van der Waals surface area contributed by atoms with E-state index in [-0.39, 0.29) is 5.92 Å². The van der Waals surface area contributed by atoms with Gasteiger partial charge in [-0.05, 0) is 49.7 Å². The van der Waals surface area contributed by atoms with Crippen LogP contribution < -0.4 is 0 Å². The number of ether oxygens (including phenoxy) is 2. The molecule has 0 aromatic heterocycles. The highest BCUT2D eigenvalue weighted by Crippen LogP contribution is 2.43. The molecule has 0 bridgehead atoms. The van der Waals surface area contributed by atoms with Crippen LogP contribution in [0.3, 0.4) is 0 Å². The first-order chi connectivity index (χ1) is 12.1. The molecule has 3 atom stereocenters. The van der Waals surface area contributed by atoms with Gasteiger partial charge in [0.15, 0.2) is 0 Å². The Morgan fingerprint density at radius 1 is 1.00 bits per heavy atom. The van der Waals surface area contributed by atoms with Crippen LogP contribution in [-0.4, -0.2) is 49.4 Å². The monoisotopic (exact) mass is 348 g/mol. The lowest BCUT2D eigenvalue weighted by Crippen LogP contribution is -2.36. The van der Waals surface area contributed by atoms with Gasteiger partial charge in [-0.15, -0.1) is 0 Å². The second kappa shape index (κ2) is 10.1. The van der Waals surface area contributed by atoms with Gasteiger partial charge in [0.2, 0.25) is 0 Å². The number of methoxy groups -OCH3 is 2. The van der Waals surface area contributed by atoms with Crippen LogP contribution in [0, 0.1) is 0 Å². The fourth-order valence-electron chi connectivity index (χ4n) is 3.75. The Balaban J connectivity index is 2.11. The maximum Gasteiger partial charge on any atom is 0.0925 e. The normalized spacial score (nSPS) is 25.6. The lowest BCUT2D eigenvalue weighted by Gasteiger charge is -2.33. The summed E-state index contributed by atoms with van der Waals surface area (Å²) in [6.45, 7) is 1.46. The maximum atomic E-state index is 11.2. The third-order valence-corrected chi connectivity index (χ3v) is 5.07. The van der Waals surface area contributed by atoms with Crippen LogP contribution in [0.1, 0.15) is 49.1 Å². The highest BCUT2D eigenvalue weighted by Gasteiger charge is 2.43. The minimum absolute atomic E-state index is 0.298. The van der Waals surface area contributed by atoms with Crippen LogP contribution in [0.2, 0.25) is 0 Å². The number of unbranched alkanes of at least 4 members (excludes halogenated alkanes) is 2. The lowest BCUT2D eigenvalue weighted by molar-refractivity contribution is 0.0216. The number of hydrogen-bond donors (Lipinski definition) is 2. The van der Waals surface area contributed by atoms with Gasteiger partial charge in [0.05, 0.1) is 11.7 Å². The van der Waals surface area contributed by atoms with Crippen LogP contribution in [-0.2, 0) is 15.9 Å². The molecule has 2 N–H and O–H groups in total. The van der Waals surface area contributed by atoms with Crippen molar-refractivity contribution in [1.82, 2.24) is 0 Å². The average molecular weight is 348 g/mol. The lowest BCUT2D eigenvalue weighted by atomic mass is 9.78. The molecule has 0 radical (unpaired) electrons. The van der Waals surface area contributed by atoms with Crippen molar-refractivity contribution in [1.29, 1.82) is 0 Å². The molecule has 1 aromatic carbocycles. The maximum absolute atomic E-state index is 11.2. The van der Waals surface area contributed by atoms with E-state index in [1.807, 2.05) is 18.2 Å². The minimum Gasteiger partial charge on any atom is -0.388 e. The Kier molecular flexibility index (Phi) is 8.10. The number of benzene rings is 1. The van der Waals surface area contributed by atoms with Crippen molar-refractivity contribution in [3.8, 4) is 0 Å². The van der Waals surface area contributed by atoms with Crippen molar-refractivity contribution in [3.63, 3.8) is 0 Å². The second-order valence-electron chi connectivity index (χ2n) is 6.92. The first-order valence-corrected chi connectivity index (χ1v) is 9.28. The van der Waals surface area contributed by atoms with Crippen LogP contribution in [0.4, 0.5) is 0 Å². The van der Waals surface area contributed by atoms with Crippen LogP contribution >= 0.6 is 0 Å². The zero-order valence-electron chi connectivity index (χ0n) is 15.5. The summed E-state index contributed by atoms with van der Waals surface area (Å²) in [5.41, 5.74) is 1.28. The molecule has 1 aromatic rings. The SMILES string of the molecule is COCCCCc1ccccc1[C@H]1[C@H](O)C=C[C@]1(O)CCCCOC. The number of aliphatic hydroxyl groups is 2. The van der Waals surface area contributed by atoms with Crippen molar-refractivity contribution in [2.24, 2.45) is 0 Å². The summed E-state index contributed by atoms with van der Waals surface area (Å²) in [5, 5.41) is 21.7. The fourth-order valence-corrected chi connectivity index (χ4v) is 3.75. The fraction of sp³-hybridized carbons (Fsp3) is 0.619. The summed E-state index contributed by atoms with van der Waals surface area (Å²) in [5.74, 6) is -0.298. The zero-order chi connectivity index (χ0) is 18.1. The largest absolute Gasteiger partial charge is 0.388 e. The highest BCUT2D eigenvalue weighted by atomic mass is 16.5. The Morgan fingerprint density at radius 2 is 1.68 bits per heavy atom. The molecule has 0 amide bonds. The average Bonchev–Trinajstić information content (AvgIpc) is 2.91. The Morgan fingerprint density at radius 3 is 2.40 bits per heavy atom. The van der Waals surface area contributed by atoms with E-state index in [4.69, 9.17) is 9.47 Å². The molecule has 0 saturated heterocycles. The molecule has 0 spiro atoms. The summed E-state index contributed by atoms with van der Waals surface area (Å²) in [4.78, 5) is 0. The number of hydrogen-bond acceptors (Lipinski definition) is 4. The van der Waals surface area contributed by atoms with E-state index in [1.165, 1.54) is 5.56 Å². The van der Waals surface area contributed by atoms with E-state index in [0.29, 0.717) is 13.0 Å². The highest BCUT2D eigenvalue weighted by molar-refractivity contribution is 5.39.